The highest BCUT2D eigenvalue weighted by Gasteiger charge is 2.31. The lowest BCUT2D eigenvalue weighted by Crippen LogP contribution is -3.11. The number of likely N-dealkylation sites (N-methyl/N-ethyl adjacent to an activating group) is 1. The molecular formula is C20H33N4O4S+. The lowest BCUT2D eigenvalue weighted by Gasteiger charge is -2.34. The van der Waals surface area contributed by atoms with E-state index in [1.165, 1.54) is 4.31 Å². The monoisotopic (exact) mass is 425 g/mol. The number of nitrogens with zero attached hydrogens (tertiary/aromatic N) is 2. The van der Waals surface area contributed by atoms with E-state index in [1.54, 1.807) is 36.2 Å². The van der Waals surface area contributed by atoms with E-state index in [1.807, 2.05) is 27.7 Å². The van der Waals surface area contributed by atoms with Crippen LogP contribution in [0.2, 0.25) is 0 Å². The molecule has 0 saturated carbocycles. The van der Waals surface area contributed by atoms with Crippen molar-refractivity contribution in [2.45, 2.75) is 38.1 Å². The van der Waals surface area contributed by atoms with Crippen LogP contribution in [0.1, 0.15) is 26.3 Å². The van der Waals surface area contributed by atoms with Crippen LogP contribution >= 0.6 is 0 Å². The van der Waals surface area contributed by atoms with Gasteiger partial charge in [-0.1, -0.05) is 17.7 Å². The van der Waals surface area contributed by atoms with Gasteiger partial charge in [0.05, 0.1) is 11.9 Å². The summed E-state index contributed by atoms with van der Waals surface area (Å²) < 4.78 is 26.9. The predicted octanol–water partition coefficient (Wildman–Crippen LogP) is -0.743. The molecule has 1 aromatic rings. The molecule has 0 aliphatic carbocycles. The van der Waals surface area contributed by atoms with Gasteiger partial charge in [-0.3, -0.25) is 9.59 Å². The third-order valence-electron chi connectivity index (χ3n) is 4.68. The Bertz CT molecular complexity index is 823. The molecule has 1 aliphatic heterocycles. The maximum atomic E-state index is 12.8. The zero-order valence-corrected chi connectivity index (χ0v) is 18.8. The lowest BCUT2D eigenvalue weighted by atomic mass is 10.1. The summed E-state index contributed by atoms with van der Waals surface area (Å²) in [7, 11) is -1.74. The summed E-state index contributed by atoms with van der Waals surface area (Å²) >= 11 is 0. The average Bonchev–Trinajstić information content (AvgIpc) is 2.60. The number of aryl methyl sites for hydroxylation is 1. The van der Waals surface area contributed by atoms with E-state index >= 15 is 0 Å². The molecule has 2 amide bonds. The Hall–Kier alpha value is -1.97. The second-order valence-corrected chi connectivity index (χ2v) is 10.6. The standard InChI is InChI=1S/C20H32N4O4S/c1-16-6-8-17(9-7-16)29(27,28)24-12-10-23(11-13-24)19(26)15-22(5)14-18(25)21-20(2,3)4/h6-9H,10-15H2,1-5H3,(H,21,25)/p+1. The van der Waals surface area contributed by atoms with Crippen molar-refractivity contribution in [3.8, 4) is 0 Å². The van der Waals surface area contributed by atoms with Crippen LogP contribution in [-0.4, -0.2) is 81.3 Å². The molecule has 2 N–H and O–H groups in total. The highest BCUT2D eigenvalue weighted by atomic mass is 32.2. The van der Waals surface area contributed by atoms with Crippen molar-refractivity contribution in [3.05, 3.63) is 29.8 Å². The van der Waals surface area contributed by atoms with Gasteiger partial charge in [-0.15, -0.1) is 0 Å². The van der Waals surface area contributed by atoms with Crippen LogP contribution in [0.15, 0.2) is 29.2 Å². The molecule has 0 radical (unpaired) electrons. The van der Waals surface area contributed by atoms with E-state index in [9.17, 15) is 18.0 Å². The van der Waals surface area contributed by atoms with Crippen molar-refractivity contribution < 1.29 is 22.9 Å². The normalized spacial score (nSPS) is 17.1. The van der Waals surface area contributed by atoms with Crippen molar-refractivity contribution >= 4 is 21.8 Å². The molecule has 1 saturated heterocycles. The summed E-state index contributed by atoms with van der Waals surface area (Å²) in [6.45, 7) is 9.30. The quantitative estimate of drug-likeness (QED) is 0.628. The van der Waals surface area contributed by atoms with Crippen LogP contribution in [0.5, 0.6) is 0 Å². The fraction of sp³-hybridized carbons (Fsp3) is 0.600. The van der Waals surface area contributed by atoms with E-state index in [4.69, 9.17) is 0 Å². The molecule has 0 aromatic heterocycles. The Balaban J connectivity index is 1.86. The first kappa shape index (κ1) is 23.3. The van der Waals surface area contributed by atoms with Gasteiger partial charge in [0.15, 0.2) is 13.1 Å². The van der Waals surface area contributed by atoms with Gasteiger partial charge in [0.1, 0.15) is 0 Å². The third-order valence-corrected chi connectivity index (χ3v) is 6.59. The van der Waals surface area contributed by atoms with Crippen molar-refractivity contribution in [2.75, 3.05) is 46.3 Å². The molecule has 0 spiro atoms. The van der Waals surface area contributed by atoms with Gasteiger partial charge >= 0.3 is 0 Å². The maximum absolute atomic E-state index is 12.8. The van der Waals surface area contributed by atoms with E-state index in [-0.39, 0.29) is 48.4 Å². The molecule has 8 nitrogen and oxygen atoms in total. The molecule has 0 bridgehead atoms. The smallest absolute Gasteiger partial charge is 0.277 e. The summed E-state index contributed by atoms with van der Waals surface area (Å²) in [4.78, 5) is 27.3. The number of hydrogen-bond acceptors (Lipinski definition) is 4. The largest absolute Gasteiger partial charge is 0.347 e. The van der Waals surface area contributed by atoms with Crippen LogP contribution in [-0.2, 0) is 19.6 Å². The molecule has 1 atom stereocenters. The minimum Gasteiger partial charge on any atom is -0.347 e. The van der Waals surface area contributed by atoms with Gasteiger partial charge in [-0.25, -0.2) is 8.42 Å². The van der Waals surface area contributed by atoms with Crippen molar-refractivity contribution in [2.24, 2.45) is 0 Å². The third kappa shape index (κ3) is 6.80. The maximum Gasteiger partial charge on any atom is 0.277 e. The van der Waals surface area contributed by atoms with Gasteiger partial charge in [0.2, 0.25) is 10.0 Å². The van der Waals surface area contributed by atoms with Gasteiger partial charge in [0, 0.05) is 31.7 Å². The molecule has 1 fully saturated rings. The Morgan fingerprint density at radius 2 is 1.59 bits per heavy atom. The van der Waals surface area contributed by atoms with Crippen LogP contribution in [0.3, 0.4) is 0 Å². The van der Waals surface area contributed by atoms with Gasteiger partial charge in [-0.05, 0) is 39.8 Å². The van der Waals surface area contributed by atoms with Gasteiger partial charge in [-0.2, -0.15) is 4.31 Å². The van der Waals surface area contributed by atoms with E-state index in [0.29, 0.717) is 13.1 Å². The Morgan fingerprint density at radius 1 is 1.03 bits per heavy atom. The predicted molar refractivity (Wildman–Crippen MR) is 111 cm³/mol. The summed E-state index contributed by atoms with van der Waals surface area (Å²) in [6, 6.07) is 6.79. The minimum atomic E-state index is -3.55. The number of benzene rings is 1. The second kappa shape index (κ2) is 9.23. The molecule has 29 heavy (non-hydrogen) atoms. The number of piperazine rings is 1. The highest BCUT2D eigenvalue weighted by Crippen LogP contribution is 2.18. The molecule has 1 unspecified atom stereocenters. The topological polar surface area (TPSA) is 91.2 Å². The highest BCUT2D eigenvalue weighted by molar-refractivity contribution is 7.89. The van der Waals surface area contributed by atoms with Crippen molar-refractivity contribution in [1.29, 1.82) is 0 Å². The molecule has 1 aromatic carbocycles. The van der Waals surface area contributed by atoms with E-state index in [0.717, 1.165) is 10.5 Å². The lowest BCUT2D eigenvalue weighted by molar-refractivity contribution is -0.863. The number of nitrogens with one attached hydrogen (secondary N) is 2. The Morgan fingerprint density at radius 3 is 2.10 bits per heavy atom. The molecule has 162 valence electrons. The fourth-order valence-electron chi connectivity index (χ4n) is 3.21. The zero-order valence-electron chi connectivity index (χ0n) is 18.0. The Kier molecular flexibility index (Phi) is 7.42. The number of hydrogen-bond donors (Lipinski definition) is 2. The number of carbonyl (C=O) groups is 2. The van der Waals surface area contributed by atoms with Crippen LogP contribution in [0.25, 0.3) is 0 Å². The van der Waals surface area contributed by atoms with Crippen LogP contribution in [0, 0.1) is 6.92 Å². The van der Waals surface area contributed by atoms with E-state index in [2.05, 4.69) is 5.32 Å². The summed E-state index contributed by atoms with van der Waals surface area (Å²) in [5, 5.41) is 2.89. The van der Waals surface area contributed by atoms with E-state index < -0.39 is 10.0 Å². The number of sulfonamides is 1. The molecule has 1 heterocycles. The van der Waals surface area contributed by atoms with Crippen LogP contribution in [0.4, 0.5) is 0 Å². The molecular weight excluding hydrogens is 392 g/mol. The Labute approximate surface area is 173 Å². The first-order valence-electron chi connectivity index (χ1n) is 9.85. The van der Waals surface area contributed by atoms with Crippen LogP contribution < -0.4 is 10.2 Å². The van der Waals surface area contributed by atoms with Gasteiger partial charge < -0.3 is 15.1 Å². The average molecular weight is 426 g/mol. The molecule has 1 aliphatic rings. The number of amides is 2. The summed E-state index contributed by atoms with van der Waals surface area (Å²) in [5.74, 6) is -0.171. The number of rotatable bonds is 6. The zero-order chi connectivity index (χ0) is 21.8. The number of quaternary nitrogens is 1. The SMILES string of the molecule is Cc1ccc(S(=O)(=O)N2CCN(C(=O)C[NH+](C)CC(=O)NC(C)(C)C)CC2)cc1. The van der Waals surface area contributed by atoms with Crippen molar-refractivity contribution in [1.82, 2.24) is 14.5 Å². The molecule has 2 rings (SSSR count). The first-order chi connectivity index (χ1) is 13.4. The minimum absolute atomic E-state index is 0.0709. The fourth-order valence-corrected chi connectivity index (χ4v) is 4.63. The first-order valence-corrected chi connectivity index (χ1v) is 11.3. The molecule has 9 heteroatoms. The summed E-state index contributed by atoms with van der Waals surface area (Å²) in [6.07, 6.45) is 0. The van der Waals surface area contributed by atoms with Crippen molar-refractivity contribution in [3.63, 3.8) is 0 Å². The number of carbonyl (C=O) groups excluding carboxylic acids is 2. The summed E-state index contributed by atoms with van der Waals surface area (Å²) in [5.41, 5.74) is 0.697. The second-order valence-electron chi connectivity index (χ2n) is 8.71. The van der Waals surface area contributed by atoms with Gasteiger partial charge in [0.25, 0.3) is 11.8 Å².